The highest BCUT2D eigenvalue weighted by atomic mass is 32.2. The molecule has 2 rings (SSSR count). The zero-order valence-electron chi connectivity index (χ0n) is 9.30. The Balaban J connectivity index is 2.32. The fourth-order valence-corrected chi connectivity index (χ4v) is 2.31. The maximum atomic E-state index is 11.1. The van der Waals surface area contributed by atoms with Crippen LogP contribution in [0.5, 0.6) is 0 Å². The fraction of sp³-hybridized carbons (Fsp3) is 0.364. The smallest absolute Gasteiger partial charge is 0.235 e. The highest BCUT2D eigenvalue weighted by Gasteiger charge is 2.44. The number of benzene rings is 1. The average Bonchev–Trinajstić information content (AvgIpc) is 2.97. The third-order valence-corrected chi connectivity index (χ3v) is 3.29. The number of rotatable bonds is 4. The molecule has 1 aliphatic rings. The summed E-state index contributed by atoms with van der Waals surface area (Å²) in [5, 5.41) is 0. The van der Waals surface area contributed by atoms with Crippen molar-refractivity contribution in [2.24, 2.45) is 4.99 Å². The summed E-state index contributed by atoms with van der Waals surface area (Å²) in [7, 11) is -3.29. The van der Waals surface area contributed by atoms with Crippen molar-refractivity contribution in [1.82, 2.24) is 0 Å². The Morgan fingerprint density at radius 3 is 2.65 bits per heavy atom. The SMILES string of the molecule is CS(=O)(=O)Nc1cccc(C2(N=C=O)CC2)c1. The number of isocyanates is 1. The molecule has 1 aromatic carbocycles. The molecule has 0 heterocycles. The van der Waals surface area contributed by atoms with E-state index in [2.05, 4.69) is 9.71 Å². The maximum Gasteiger partial charge on any atom is 0.235 e. The van der Waals surface area contributed by atoms with Crippen LogP contribution in [0.15, 0.2) is 29.3 Å². The summed E-state index contributed by atoms with van der Waals surface area (Å²) in [6.07, 6.45) is 4.26. The van der Waals surface area contributed by atoms with Gasteiger partial charge in [-0.3, -0.25) is 4.72 Å². The minimum atomic E-state index is -3.29. The first-order chi connectivity index (χ1) is 7.95. The largest absolute Gasteiger partial charge is 0.284 e. The average molecular weight is 252 g/mol. The van der Waals surface area contributed by atoms with Gasteiger partial charge in [-0.05, 0) is 30.5 Å². The summed E-state index contributed by atoms with van der Waals surface area (Å²) in [5.74, 6) is 0. The van der Waals surface area contributed by atoms with Gasteiger partial charge in [-0.25, -0.2) is 13.2 Å². The van der Waals surface area contributed by atoms with Crippen LogP contribution in [0.3, 0.4) is 0 Å². The van der Waals surface area contributed by atoms with E-state index < -0.39 is 15.6 Å². The molecule has 0 aromatic heterocycles. The molecule has 90 valence electrons. The first-order valence-corrected chi connectivity index (χ1v) is 7.02. The Bertz CT molecular complexity index is 584. The molecule has 1 aliphatic carbocycles. The summed E-state index contributed by atoms with van der Waals surface area (Å²) in [6, 6.07) is 6.94. The van der Waals surface area contributed by atoms with Gasteiger partial charge in [0.1, 0.15) is 0 Å². The summed E-state index contributed by atoms with van der Waals surface area (Å²) in [4.78, 5) is 14.1. The van der Waals surface area contributed by atoms with Crippen molar-refractivity contribution in [2.75, 3.05) is 11.0 Å². The van der Waals surface area contributed by atoms with Crippen LogP contribution in [0.2, 0.25) is 0 Å². The van der Waals surface area contributed by atoms with Gasteiger partial charge in [0.05, 0.1) is 11.8 Å². The van der Waals surface area contributed by atoms with Crippen LogP contribution in [-0.4, -0.2) is 20.8 Å². The highest BCUT2D eigenvalue weighted by molar-refractivity contribution is 7.92. The van der Waals surface area contributed by atoms with Crippen molar-refractivity contribution in [3.05, 3.63) is 29.8 Å². The Morgan fingerprint density at radius 2 is 2.12 bits per heavy atom. The lowest BCUT2D eigenvalue weighted by atomic mass is 10.1. The minimum absolute atomic E-state index is 0.475. The van der Waals surface area contributed by atoms with E-state index in [4.69, 9.17) is 0 Å². The van der Waals surface area contributed by atoms with Crippen molar-refractivity contribution >= 4 is 21.8 Å². The number of nitrogens with one attached hydrogen (secondary N) is 1. The zero-order valence-corrected chi connectivity index (χ0v) is 10.1. The van der Waals surface area contributed by atoms with Crippen molar-refractivity contribution in [2.45, 2.75) is 18.4 Å². The second kappa shape index (κ2) is 3.98. The van der Waals surface area contributed by atoms with Gasteiger partial charge in [0, 0.05) is 5.69 Å². The lowest BCUT2D eigenvalue weighted by Crippen LogP contribution is -2.10. The molecule has 1 aromatic rings. The summed E-state index contributed by atoms with van der Waals surface area (Å²) in [5.41, 5.74) is 0.851. The molecule has 0 spiro atoms. The second-order valence-electron chi connectivity index (χ2n) is 4.19. The number of hydrogen-bond donors (Lipinski definition) is 1. The molecule has 0 bridgehead atoms. The third kappa shape index (κ3) is 2.72. The molecular weight excluding hydrogens is 240 g/mol. The van der Waals surface area contributed by atoms with E-state index in [1.54, 1.807) is 24.3 Å². The minimum Gasteiger partial charge on any atom is -0.284 e. The van der Waals surface area contributed by atoms with Crippen molar-refractivity contribution in [3.63, 3.8) is 0 Å². The van der Waals surface area contributed by atoms with Crippen LogP contribution in [0.1, 0.15) is 18.4 Å². The van der Waals surface area contributed by atoms with Gasteiger partial charge in [0.15, 0.2) is 0 Å². The van der Waals surface area contributed by atoms with Gasteiger partial charge in [0.25, 0.3) is 0 Å². The van der Waals surface area contributed by atoms with Gasteiger partial charge in [0.2, 0.25) is 16.1 Å². The normalized spacial score (nSPS) is 17.0. The monoisotopic (exact) mass is 252 g/mol. The molecule has 1 N–H and O–H groups in total. The van der Waals surface area contributed by atoms with E-state index in [-0.39, 0.29) is 0 Å². The van der Waals surface area contributed by atoms with Crippen LogP contribution < -0.4 is 4.72 Å². The number of aliphatic imine (C=N–C) groups is 1. The Kier molecular flexibility index (Phi) is 2.77. The van der Waals surface area contributed by atoms with Crippen LogP contribution in [0, 0.1) is 0 Å². The van der Waals surface area contributed by atoms with Crippen molar-refractivity contribution in [3.8, 4) is 0 Å². The first kappa shape index (κ1) is 11.8. The number of nitrogens with zero attached hydrogens (tertiary/aromatic N) is 1. The summed E-state index contributed by atoms with van der Waals surface area (Å²) >= 11 is 0. The van der Waals surface area contributed by atoms with Gasteiger partial charge < -0.3 is 0 Å². The van der Waals surface area contributed by atoms with Crippen molar-refractivity contribution in [1.29, 1.82) is 0 Å². The molecule has 0 aliphatic heterocycles. The van der Waals surface area contributed by atoms with Gasteiger partial charge in [-0.15, -0.1) is 0 Å². The fourth-order valence-electron chi connectivity index (χ4n) is 1.76. The first-order valence-electron chi connectivity index (χ1n) is 5.13. The molecule has 1 fully saturated rings. The molecule has 0 atom stereocenters. The second-order valence-corrected chi connectivity index (χ2v) is 5.94. The summed E-state index contributed by atoms with van der Waals surface area (Å²) < 4.78 is 24.6. The maximum absolute atomic E-state index is 11.1. The molecule has 6 heteroatoms. The van der Waals surface area contributed by atoms with E-state index >= 15 is 0 Å². The number of hydrogen-bond acceptors (Lipinski definition) is 4. The Labute approximate surface area is 99.6 Å². The molecular formula is C11H12N2O3S. The van der Waals surface area contributed by atoms with Crippen LogP contribution >= 0.6 is 0 Å². The van der Waals surface area contributed by atoms with Crippen LogP contribution in [0.4, 0.5) is 5.69 Å². The standard InChI is InChI=1S/C11H12N2O3S/c1-17(15,16)13-10-4-2-3-9(7-10)11(5-6-11)12-8-14/h2-4,7,13H,5-6H2,1H3. The molecule has 1 saturated carbocycles. The zero-order chi connectivity index (χ0) is 12.5. The number of anilines is 1. The van der Waals surface area contributed by atoms with E-state index in [0.29, 0.717) is 5.69 Å². The Morgan fingerprint density at radius 1 is 1.41 bits per heavy atom. The number of sulfonamides is 1. The van der Waals surface area contributed by atoms with Crippen molar-refractivity contribution < 1.29 is 13.2 Å². The molecule has 0 unspecified atom stereocenters. The molecule has 0 radical (unpaired) electrons. The molecule has 5 nitrogen and oxygen atoms in total. The molecule has 0 saturated heterocycles. The lowest BCUT2D eigenvalue weighted by molar-refractivity contribution is 0.556. The molecule has 17 heavy (non-hydrogen) atoms. The predicted molar refractivity (Wildman–Crippen MR) is 63.9 cm³/mol. The van der Waals surface area contributed by atoms with Gasteiger partial charge in [-0.1, -0.05) is 12.1 Å². The quantitative estimate of drug-likeness (QED) is 0.649. The van der Waals surface area contributed by atoms with Crippen LogP contribution in [-0.2, 0) is 20.4 Å². The van der Waals surface area contributed by atoms with E-state index in [0.717, 1.165) is 24.7 Å². The predicted octanol–water partition coefficient (Wildman–Crippen LogP) is 1.38. The lowest BCUT2D eigenvalue weighted by Gasteiger charge is -2.10. The van der Waals surface area contributed by atoms with Crippen LogP contribution in [0.25, 0.3) is 0 Å². The topological polar surface area (TPSA) is 75.6 Å². The third-order valence-electron chi connectivity index (χ3n) is 2.69. The van der Waals surface area contributed by atoms with Gasteiger partial charge in [-0.2, -0.15) is 4.99 Å². The van der Waals surface area contributed by atoms with E-state index in [1.165, 1.54) is 0 Å². The summed E-state index contributed by atoms with van der Waals surface area (Å²) in [6.45, 7) is 0. The van der Waals surface area contributed by atoms with E-state index in [9.17, 15) is 13.2 Å². The Hall–Kier alpha value is -1.65. The highest BCUT2D eigenvalue weighted by Crippen LogP contribution is 2.49. The number of carbonyl (C=O) groups excluding carboxylic acids is 1. The van der Waals surface area contributed by atoms with E-state index in [1.807, 2.05) is 6.07 Å². The molecule has 0 amide bonds. The van der Waals surface area contributed by atoms with Gasteiger partial charge >= 0.3 is 0 Å².